The third kappa shape index (κ3) is 7.69. The molecule has 15 heteroatoms. The Balaban J connectivity index is 2.18. The van der Waals surface area contributed by atoms with Crippen molar-refractivity contribution in [2.75, 3.05) is 33.4 Å². The molecule has 2 rings (SSSR count). The number of esters is 1. The summed E-state index contributed by atoms with van der Waals surface area (Å²) in [5.74, 6) is -2.44. The minimum atomic E-state index is -5.03. The number of nitrogens with zero attached hydrogens (tertiary/aromatic N) is 2. The highest BCUT2D eigenvalue weighted by molar-refractivity contribution is 5.96. The van der Waals surface area contributed by atoms with Crippen molar-refractivity contribution in [2.45, 2.75) is 25.6 Å². The van der Waals surface area contributed by atoms with Crippen molar-refractivity contribution in [3.8, 4) is 11.5 Å². The van der Waals surface area contributed by atoms with E-state index >= 15 is 0 Å². The summed E-state index contributed by atoms with van der Waals surface area (Å²) < 4.78 is 91.6. The van der Waals surface area contributed by atoms with Crippen LogP contribution in [0.1, 0.15) is 11.1 Å². The van der Waals surface area contributed by atoms with Crippen molar-refractivity contribution in [2.24, 2.45) is 0 Å². The first-order valence-electron chi connectivity index (χ1n) is 9.15. The van der Waals surface area contributed by atoms with Crippen molar-refractivity contribution >= 4 is 12.0 Å². The van der Waals surface area contributed by atoms with Gasteiger partial charge in [0.2, 0.25) is 6.10 Å². The van der Waals surface area contributed by atoms with E-state index in [4.69, 9.17) is 9.47 Å². The minimum absolute atomic E-state index is 0.0108. The maximum atomic E-state index is 13.5. The molecule has 0 aliphatic carbocycles. The molecule has 0 bridgehead atoms. The predicted octanol–water partition coefficient (Wildman–Crippen LogP) is 3.28. The van der Waals surface area contributed by atoms with Crippen LogP contribution in [0.15, 0.2) is 17.7 Å². The Hall–Kier alpha value is -3.23. The number of hydrogen-bond acceptors (Lipinski definition) is 8. The Bertz CT molecular complexity index is 917. The van der Waals surface area contributed by atoms with Crippen LogP contribution in [0.25, 0.3) is 6.08 Å². The fourth-order valence-electron chi connectivity index (χ4n) is 2.82. The molecule has 0 N–H and O–H groups in total. The molecule has 0 aromatic heterocycles. The zero-order chi connectivity index (χ0) is 25.0. The Morgan fingerprint density at radius 1 is 1.18 bits per heavy atom. The molecule has 0 amide bonds. The highest BCUT2D eigenvalue weighted by Crippen LogP contribution is 2.41. The van der Waals surface area contributed by atoms with Gasteiger partial charge in [0.05, 0.1) is 5.57 Å². The van der Waals surface area contributed by atoms with Gasteiger partial charge >= 0.3 is 18.5 Å². The largest absolute Gasteiger partial charge is 0.573 e. The van der Waals surface area contributed by atoms with Gasteiger partial charge in [0, 0.05) is 18.7 Å². The summed E-state index contributed by atoms with van der Waals surface area (Å²) in [5, 5.41) is 9.10. The van der Waals surface area contributed by atoms with Crippen molar-refractivity contribution in [3.63, 3.8) is 0 Å². The van der Waals surface area contributed by atoms with E-state index in [9.17, 15) is 41.3 Å². The lowest BCUT2D eigenvalue weighted by Crippen LogP contribution is -2.41. The molecular formula is C18H18F6N2O7. The average molecular weight is 488 g/mol. The number of benzene rings is 1. The number of carbonyl (C=O) groups excluding carboxylic acids is 1. The van der Waals surface area contributed by atoms with Gasteiger partial charge in [0.25, 0.3) is 5.09 Å². The first-order chi connectivity index (χ1) is 15.2. The molecule has 9 nitrogen and oxygen atoms in total. The molecule has 1 aromatic rings. The predicted molar refractivity (Wildman–Crippen MR) is 97.7 cm³/mol. The average Bonchev–Trinajstić information content (AvgIpc) is 2.64. The van der Waals surface area contributed by atoms with Crippen LogP contribution >= 0.6 is 0 Å². The second-order valence-electron chi connectivity index (χ2n) is 6.84. The highest BCUT2D eigenvalue weighted by Gasteiger charge is 2.49. The van der Waals surface area contributed by atoms with Gasteiger partial charge in [0.1, 0.15) is 24.7 Å². The summed E-state index contributed by atoms with van der Waals surface area (Å²) in [6.07, 6.45) is -12.0. The second kappa shape index (κ2) is 10.1. The summed E-state index contributed by atoms with van der Waals surface area (Å²) in [4.78, 5) is 28.0. The summed E-state index contributed by atoms with van der Waals surface area (Å²) in [7, 11) is 1.50. The molecule has 184 valence electrons. The van der Waals surface area contributed by atoms with Gasteiger partial charge in [-0.15, -0.1) is 23.3 Å². The number of rotatable bonds is 9. The van der Waals surface area contributed by atoms with Crippen molar-refractivity contribution in [1.29, 1.82) is 0 Å². The summed E-state index contributed by atoms with van der Waals surface area (Å²) in [6, 6.07) is 1.65. The Morgan fingerprint density at radius 3 is 2.39 bits per heavy atom. The maximum absolute atomic E-state index is 13.5. The number of halogens is 6. The topological polar surface area (TPSA) is 100 Å². The van der Waals surface area contributed by atoms with E-state index in [2.05, 4.69) is 9.57 Å². The molecule has 0 spiro atoms. The van der Waals surface area contributed by atoms with E-state index in [1.807, 2.05) is 0 Å². The van der Waals surface area contributed by atoms with Gasteiger partial charge in [-0.05, 0) is 37.7 Å². The van der Waals surface area contributed by atoms with E-state index in [0.29, 0.717) is 0 Å². The second-order valence-corrected chi connectivity index (χ2v) is 6.84. The zero-order valence-corrected chi connectivity index (χ0v) is 17.2. The molecule has 33 heavy (non-hydrogen) atoms. The molecule has 0 saturated heterocycles. The lowest BCUT2D eigenvalue weighted by Gasteiger charge is -2.29. The molecule has 1 aliphatic heterocycles. The molecule has 1 atom stereocenters. The zero-order valence-electron chi connectivity index (χ0n) is 17.2. The smallest absolute Gasteiger partial charge is 0.475 e. The number of fused-ring (bicyclic) bond motifs is 1. The number of hydrogen-bond donors (Lipinski definition) is 0. The van der Waals surface area contributed by atoms with Crippen molar-refractivity contribution in [3.05, 3.63) is 38.9 Å². The van der Waals surface area contributed by atoms with Gasteiger partial charge in [-0.3, -0.25) is 0 Å². The Labute approximate surface area is 182 Å². The SMILES string of the molecule is Cc1cc(OC(F)(F)F)cc2c1O[C@H](C(F)(F)F)C(C(=O)OCCN(C)CCO[N+](=O)[O-])=C2. The summed E-state index contributed by atoms with van der Waals surface area (Å²) in [5.41, 5.74) is -1.25. The van der Waals surface area contributed by atoms with Gasteiger partial charge < -0.3 is 23.9 Å². The standard InChI is InChI=1S/C18H18F6N2O7/c1-10-7-12(33-18(22,23)24)8-11-9-13(15(17(19,20)21)32-14(10)11)16(27)30-5-3-25(2)4-6-31-26(28)29/h7-9,15H,3-6H2,1-2H3/t15-/m0/s1. The first kappa shape index (κ1) is 26.0. The molecule has 1 aromatic carbocycles. The number of alkyl halides is 6. The molecule has 1 aliphatic rings. The summed E-state index contributed by atoms with van der Waals surface area (Å²) in [6.45, 7) is 0.663. The van der Waals surface area contributed by atoms with Crippen molar-refractivity contribution < 1.29 is 55.3 Å². The Kier molecular flexibility index (Phi) is 8.00. The first-order valence-corrected chi connectivity index (χ1v) is 9.15. The van der Waals surface area contributed by atoms with Gasteiger partial charge in [0.15, 0.2) is 0 Å². The van der Waals surface area contributed by atoms with Gasteiger partial charge in [-0.2, -0.15) is 13.2 Å². The van der Waals surface area contributed by atoms with Crippen LogP contribution in [0.2, 0.25) is 0 Å². The van der Waals surface area contributed by atoms with Crippen LogP contribution in [-0.2, 0) is 14.4 Å². The third-order valence-corrected chi connectivity index (χ3v) is 4.25. The fourth-order valence-corrected chi connectivity index (χ4v) is 2.82. The van der Waals surface area contributed by atoms with Gasteiger partial charge in [-0.1, -0.05) is 0 Å². The molecular weight excluding hydrogens is 470 g/mol. The minimum Gasteiger partial charge on any atom is -0.475 e. The highest BCUT2D eigenvalue weighted by atomic mass is 19.4. The molecule has 0 fully saturated rings. The number of aryl methyl sites for hydroxylation is 1. The lowest BCUT2D eigenvalue weighted by molar-refractivity contribution is -0.757. The number of ether oxygens (including phenoxy) is 3. The van der Waals surface area contributed by atoms with Gasteiger partial charge in [-0.25, -0.2) is 4.79 Å². The maximum Gasteiger partial charge on any atom is 0.573 e. The quantitative estimate of drug-likeness (QED) is 0.226. The van der Waals surface area contributed by atoms with E-state index in [-0.39, 0.29) is 43.2 Å². The third-order valence-electron chi connectivity index (χ3n) is 4.25. The Morgan fingerprint density at radius 2 is 1.82 bits per heavy atom. The van der Waals surface area contributed by atoms with Crippen LogP contribution < -0.4 is 9.47 Å². The van der Waals surface area contributed by atoms with E-state index in [0.717, 1.165) is 18.2 Å². The van der Waals surface area contributed by atoms with Crippen LogP contribution in [0.4, 0.5) is 26.3 Å². The molecule has 1 heterocycles. The normalized spacial score (nSPS) is 15.9. The van der Waals surface area contributed by atoms with E-state index in [1.54, 1.807) is 0 Å². The monoisotopic (exact) mass is 488 g/mol. The van der Waals surface area contributed by atoms with Crippen LogP contribution in [0.5, 0.6) is 11.5 Å². The van der Waals surface area contributed by atoms with Crippen LogP contribution in [-0.4, -0.2) is 67.9 Å². The lowest BCUT2D eigenvalue weighted by atomic mass is 9.99. The fraction of sp³-hybridized carbons (Fsp3) is 0.500. The van der Waals surface area contributed by atoms with E-state index in [1.165, 1.54) is 18.9 Å². The van der Waals surface area contributed by atoms with Crippen LogP contribution in [0, 0.1) is 17.0 Å². The van der Waals surface area contributed by atoms with Crippen molar-refractivity contribution in [1.82, 2.24) is 4.90 Å². The molecule has 0 unspecified atom stereocenters. The number of likely N-dealkylation sites (N-methyl/N-ethyl adjacent to an activating group) is 1. The van der Waals surface area contributed by atoms with Crippen LogP contribution in [0.3, 0.4) is 0 Å². The van der Waals surface area contributed by atoms with E-state index < -0.39 is 41.0 Å². The molecule has 0 radical (unpaired) electrons. The number of carbonyl (C=O) groups is 1. The molecule has 0 saturated carbocycles. The summed E-state index contributed by atoms with van der Waals surface area (Å²) >= 11 is 0.